The third-order valence-corrected chi connectivity index (χ3v) is 2.33. The van der Waals surface area contributed by atoms with Crippen LogP contribution in [0.5, 0.6) is 0 Å². The zero-order valence-electron chi connectivity index (χ0n) is 8.88. The lowest BCUT2D eigenvalue weighted by molar-refractivity contribution is -0.0533. The molecule has 3 heteroatoms. The van der Waals surface area contributed by atoms with Crippen LogP contribution in [0.15, 0.2) is 0 Å². The predicted octanol–water partition coefficient (Wildman–Crippen LogP) is 1.38. The Hall–Kier alpha value is -0.120. The lowest BCUT2D eigenvalue weighted by atomic mass is 10.0. The van der Waals surface area contributed by atoms with Crippen LogP contribution in [0, 0.1) is 5.92 Å². The minimum Gasteiger partial charge on any atom is -0.350 e. The van der Waals surface area contributed by atoms with Gasteiger partial charge in [-0.3, -0.25) is 0 Å². The van der Waals surface area contributed by atoms with Gasteiger partial charge in [-0.15, -0.1) is 0 Å². The molecule has 3 nitrogen and oxygen atoms in total. The SMILES string of the molecule is CNC(CC(C)C)CC1OCCO1. The maximum atomic E-state index is 5.40. The van der Waals surface area contributed by atoms with Crippen LogP contribution in [-0.4, -0.2) is 32.6 Å². The topological polar surface area (TPSA) is 30.5 Å². The van der Waals surface area contributed by atoms with Crippen LogP contribution >= 0.6 is 0 Å². The van der Waals surface area contributed by atoms with E-state index in [-0.39, 0.29) is 6.29 Å². The minimum atomic E-state index is 0.0243. The van der Waals surface area contributed by atoms with E-state index in [1.807, 2.05) is 7.05 Å². The molecular formula is C10H21NO2. The Morgan fingerprint density at radius 1 is 1.31 bits per heavy atom. The summed E-state index contributed by atoms with van der Waals surface area (Å²) < 4.78 is 10.8. The van der Waals surface area contributed by atoms with Crippen molar-refractivity contribution >= 4 is 0 Å². The molecule has 1 N–H and O–H groups in total. The fourth-order valence-corrected chi connectivity index (χ4v) is 1.68. The van der Waals surface area contributed by atoms with E-state index in [2.05, 4.69) is 19.2 Å². The van der Waals surface area contributed by atoms with Gasteiger partial charge in [0.15, 0.2) is 6.29 Å². The summed E-state index contributed by atoms with van der Waals surface area (Å²) in [5.74, 6) is 0.721. The van der Waals surface area contributed by atoms with Gasteiger partial charge in [-0.2, -0.15) is 0 Å². The fourth-order valence-electron chi connectivity index (χ4n) is 1.68. The zero-order chi connectivity index (χ0) is 9.68. The lowest BCUT2D eigenvalue weighted by Gasteiger charge is -2.20. The number of hydrogen-bond acceptors (Lipinski definition) is 3. The van der Waals surface area contributed by atoms with Gasteiger partial charge in [0.2, 0.25) is 0 Å². The molecular weight excluding hydrogens is 166 g/mol. The second-order valence-electron chi connectivity index (χ2n) is 4.02. The second kappa shape index (κ2) is 5.58. The Labute approximate surface area is 80.8 Å². The first-order valence-corrected chi connectivity index (χ1v) is 5.13. The van der Waals surface area contributed by atoms with Crippen LogP contribution in [0.4, 0.5) is 0 Å². The average molecular weight is 187 g/mol. The lowest BCUT2D eigenvalue weighted by Crippen LogP contribution is -2.31. The van der Waals surface area contributed by atoms with E-state index in [1.165, 1.54) is 6.42 Å². The Morgan fingerprint density at radius 2 is 1.92 bits per heavy atom. The normalized spacial score (nSPS) is 21.2. The Balaban J connectivity index is 2.21. The molecule has 1 unspecified atom stereocenters. The van der Waals surface area contributed by atoms with Crippen LogP contribution in [0.1, 0.15) is 26.7 Å². The van der Waals surface area contributed by atoms with Crippen LogP contribution in [0.2, 0.25) is 0 Å². The van der Waals surface area contributed by atoms with Crippen LogP contribution in [0.3, 0.4) is 0 Å². The molecule has 0 spiro atoms. The smallest absolute Gasteiger partial charge is 0.159 e. The number of rotatable bonds is 5. The molecule has 1 saturated heterocycles. The van der Waals surface area contributed by atoms with Gasteiger partial charge in [-0.25, -0.2) is 0 Å². The van der Waals surface area contributed by atoms with Crippen molar-refractivity contribution in [3.05, 3.63) is 0 Å². The van der Waals surface area contributed by atoms with Crippen molar-refractivity contribution in [2.75, 3.05) is 20.3 Å². The first-order chi connectivity index (χ1) is 6.22. The molecule has 1 aliphatic rings. The maximum absolute atomic E-state index is 5.40. The molecule has 1 fully saturated rings. The highest BCUT2D eigenvalue weighted by molar-refractivity contribution is 4.69. The third-order valence-electron chi connectivity index (χ3n) is 2.33. The Kier molecular flexibility index (Phi) is 4.70. The van der Waals surface area contributed by atoms with Gasteiger partial charge in [0.1, 0.15) is 0 Å². The molecule has 1 heterocycles. The monoisotopic (exact) mass is 187 g/mol. The largest absolute Gasteiger partial charge is 0.350 e. The third kappa shape index (κ3) is 4.07. The van der Waals surface area contributed by atoms with E-state index in [0.29, 0.717) is 6.04 Å². The van der Waals surface area contributed by atoms with Gasteiger partial charge in [-0.05, 0) is 19.4 Å². The van der Waals surface area contributed by atoms with E-state index in [4.69, 9.17) is 9.47 Å². The predicted molar refractivity (Wildman–Crippen MR) is 52.6 cm³/mol. The number of hydrogen-bond donors (Lipinski definition) is 1. The Bertz CT molecular complexity index is 133. The first-order valence-electron chi connectivity index (χ1n) is 5.13. The van der Waals surface area contributed by atoms with Gasteiger partial charge < -0.3 is 14.8 Å². The summed E-state index contributed by atoms with van der Waals surface area (Å²) in [6.07, 6.45) is 2.17. The maximum Gasteiger partial charge on any atom is 0.159 e. The van der Waals surface area contributed by atoms with Gasteiger partial charge in [0, 0.05) is 12.5 Å². The van der Waals surface area contributed by atoms with Crippen molar-refractivity contribution < 1.29 is 9.47 Å². The molecule has 1 rings (SSSR count). The molecule has 78 valence electrons. The summed E-state index contributed by atoms with van der Waals surface area (Å²) in [6, 6.07) is 0.517. The fraction of sp³-hybridized carbons (Fsp3) is 1.00. The van der Waals surface area contributed by atoms with Crippen LogP contribution in [-0.2, 0) is 9.47 Å². The number of nitrogens with one attached hydrogen (secondary N) is 1. The summed E-state index contributed by atoms with van der Waals surface area (Å²) in [7, 11) is 2.00. The molecule has 13 heavy (non-hydrogen) atoms. The van der Waals surface area contributed by atoms with Gasteiger partial charge in [0.05, 0.1) is 13.2 Å². The summed E-state index contributed by atoms with van der Waals surface area (Å²) in [5.41, 5.74) is 0. The molecule has 0 aliphatic carbocycles. The average Bonchev–Trinajstić information content (AvgIpc) is 2.55. The molecule has 1 atom stereocenters. The Morgan fingerprint density at radius 3 is 2.38 bits per heavy atom. The first kappa shape index (κ1) is 11.0. The molecule has 0 bridgehead atoms. The minimum absolute atomic E-state index is 0.0243. The highest BCUT2D eigenvalue weighted by Crippen LogP contribution is 2.15. The van der Waals surface area contributed by atoms with E-state index >= 15 is 0 Å². The van der Waals surface area contributed by atoms with Crippen molar-refractivity contribution in [2.24, 2.45) is 5.92 Å². The highest BCUT2D eigenvalue weighted by Gasteiger charge is 2.20. The molecule has 0 amide bonds. The van der Waals surface area contributed by atoms with Crippen molar-refractivity contribution in [2.45, 2.75) is 39.0 Å². The zero-order valence-corrected chi connectivity index (χ0v) is 8.88. The molecule has 0 saturated carbocycles. The molecule has 1 aliphatic heterocycles. The van der Waals surface area contributed by atoms with Crippen molar-refractivity contribution in [3.8, 4) is 0 Å². The van der Waals surface area contributed by atoms with E-state index < -0.39 is 0 Å². The second-order valence-corrected chi connectivity index (χ2v) is 4.02. The quantitative estimate of drug-likeness (QED) is 0.705. The summed E-state index contributed by atoms with van der Waals surface area (Å²) in [4.78, 5) is 0. The summed E-state index contributed by atoms with van der Waals surface area (Å²) in [5, 5.41) is 3.30. The van der Waals surface area contributed by atoms with Gasteiger partial charge in [0.25, 0.3) is 0 Å². The van der Waals surface area contributed by atoms with Crippen molar-refractivity contribution in [1.29, 1.82) is 0 Å². The molecule has 0 aromatic carbocycles. The summed E-state index contributed by atoms with van der Waals surface area (Å²) >= 11 is 0. The highest BCUT2D eigenvalue weighted by atomic mass is 16.7. The van der Waals surface area contributed by atoms with Crippen LogP contribution in [0.25, 0.3) is 0 Å². The molecule has 0 aromatic heterocycles. The number of ether oxygens (including phenoxy) is 2. The molecule has 0 radical (unpaired) electrons. The van der Waals surface area contributed by atoms with Crippen molar-refractivity contribution in [1.82, 2.24) is 5.32 Å². The van der Waals surface area contributed by atoms with E-state index in [1.54, 1.807) is 0 Å². The van der Waals surface area contributed by atoms with Gasteiger partial charge >= 0.3 is 0 Å². The van der Waals surface area contributed by atoms with Gasteiger partial charge in [-0.1, -0.05) is 13.8 Å². The summed E-state index contributed by atoms with van der Waals surface area (Å²) in [6.45, 7) is 5.98. The standard InChI is InChI=1S/C10H21NO2/c1-8(2)6-9(11-3)7-10-12-4-5-13-10/h8-11H,4-7H2,1-3H3. The molecule has 0 aromatic rings. The van der Waals surface area contributed by atoms with E-state index in [0.717, 1.165) is 25.6 Å². The van der Waals surface area contributed by atoms with Crippen LogP contribution < -0.4 is 5.32 Å². The van der Waals surface area contributed by atoms with E-state index in [9.17, 15) is 0 Å². The van der Waals surface area contributed by atoms with Crippen molar-refractivity contribution in [3.63, 3.8) is 0 Å².